The minimum atomic E-state index is -1.01. The SMILES string of the molecule is COc1ccc(N2C(=O)C(=O)N(CC(=O)N3CCCC(c4nc5ccccc5s4)C3)C2=O)cc1. The molecule has 0 N–H and O–H groups in total. The van der Waals surface area contributed by atoms with E-state index in [0.717, 1.165) is 37.9 Å². The first-order valence-corrected chi connectivity index (χ1v) is 11.7. The summed E-state index contributed by atoms with van der Waals surface area (Å²) in [6.45, 7) is 0.528. The molecule has 1 atom stereocenters. The fourth-order valence-corrected chi connectivity index (χ4v) is 5.40. The van der Waals surface area contributed by atoms with Gasteiger partial charge in [0, 0.05) is 19.0 Å². The van der Waals surface area contributed by atoms with E-state index in [1.807, 2.05) is 24.3 Å². The van der Waals surface area contributed by atoms with Crippen LogP contribution in [0, 0.1) is 0 Å². The second-order valence-corrected chi connectivity index (χ2v) is 9.27. The van der Waals surface area contributed by atoms with E-state index in [-0.39, 0.29) is 17.5 Å². The number of nitrogens with zero attached hydrogens (tertiary/aromatic N) is 4. The Kier molecular flexibility index (Phi) is 5.74. The van der Waals surface area contributed by atoms with Gasteiger partial charge in [0.2, 0.25) is 5.91 Å². The van der Waals surface area contributed by atoms with Gasteiger partial charge in [-0.3, -0.25) is 14.4 Å². The number of likely N-dealkylation sites (tertiary alicyclic amines) is 1. The fourth-order valence-electron chi connectivity index (χ4n) is 4.31. The number of amides is 5. The van der Waals surface area contributed by atoms with E-state index in [1.165, 1.54) is 19.2 Å². The van der Waals surface area contributed by atoms with E-state index in [2.05, 4.69) is 0 Å². The van der Waals surface area contributed by atoms with Gasteiger partial charge >= 0.3 is 17.8 Å². The number of hydrogen-bond donors (Lipinski definition) is 0. The highest BCUT2D eigenvalue weighted by molar-refractivity contribution is 7.18. The summed E-state index contributed by atoms with van der Waals surface area (Å²) < 4.78 is 6.19. The molecule has 0 radical (unpaired) electrons. The molecule has 0 bridgehead atoms. The van der Waals surface area contributed by atoms with Crippen molar-refractivity contribution in [2.24, 2.45) is 0 Å². The van der Waals surface area contributed by atoms with E-state index < -0.39 is 24.4 Å². The first-order valence-electron chi connectivity index (χ1n) is 10.9. The number of rotatable bonds is 5. The Balaban J connectivity index is 1.28. The van der Waals surface area contributed by atoms with Crippen LogP contribution in [0.4, 0.5) is 10.5 Å². The summed E-state index contributed by atoms with van der Waals surface area (Å²) in [5.74, 6) is -1.70. The summed E-state index contributed by atoms with van der Waals surface area (Å²) in [7, 11) is 1.50. The van der Waals surface area contributed by atoms with Crippen LogP contribution in [0.5, 0.6) is 5.75 Å². The highest BCUT2D eigenvalue weighted by Gasteiger charge is 2.46. The molecule has 0 aliphatic carbocycles. The molecule has 3 aromatic rings. The van der Waals surface area contributed by atoms with Gasteiger partial charge in [0.25, 0.3) is 0 Å². The van der Waals surface area contributed by atoms with E-state index in [1.54, 1.807) is 28.4 Å². The summed E-state index contributed by atoms with van der Waals surface area (Å²) in [5.41, 5.74) is 1.18. The quantitative estimate of drug-likeness (QED) is 0.413. The van der Waals surface area contributed by atoms with Crippen LogP contribution in [0.15, 0.2) is 48.5 Å². The third-order valence-electron chi connectivity index (χ3n) is 6.11. The third kappa shape index (κ3) is 3.90. The van der Waals surface area contributed by atoms with Crippen molar-refractivity contribution in [1.82, 2.24) is 14.8 Å². The van der Waals surface area contributed by atoms with Gasteiger partial charge in [0.15, 0.2) is 0 Å². The molecule has 0 spiro atoms. The lowest BCUT2D eigenvalue weighted by Gasteiger charge is -2.32. The number of urea groups is 1. The Morgan fingerprint density at radius 3 is 2.59 bits per heavy atom. The predicted octanol–water partition coefficient (Wildman–Crippen LogP) is 3.01. The molecule has 10 heteroatoms. The Hall–Kier alpha value is -3.79. The lowest BCUT2D eigenvalue weighted by molar-refractivity contribution is -0.142. The number of para-hydroxylation sites is 1. The molecule has 5 rings (SSSR count). The molecule has 2 aliphatic rings. The third-order valence-corrected chi connectivity index (χ3v) is 7.31. The number of benzene rings is 2. The summed E-state index contributed by atoms with van der Waals surface area (Å²) in [5, 5.41) is 0.980. The van der Waals surface area contributed by atoms with Crippen molar-refractivity contribution in [3.63, 3.8) is 0 Å². The first kappa shape index (κ1) is 22.0. The molecule has 2 saturated heterocycles. The molecule has 2 fully saturated rings. The van der Waals surface area contributed by atoms with E-state index in [4.69, 9.17) is 9.72 Å². The zero-order valence-electron chi connectivity index (χ0n) is 18.5. The lowest BCUT2D eigenvalue weighted by Crippen LogP contribution is -2.46. The van der Waals surface area contributed by atoms with Gasteiger partial charge in [0.1, 0.15) is 12.3 Å². The maximum absolute atomic E-state index is 13.0. The zero-order valence-corrected chi connectivity index (χ0v) is 19.3. The van der Waals surface area contributed by atoms with Crippen molar-refractivity contribution in [1.29, 1.82) is 0 Å². The minimum absolute atomic E-state index is 0.0949. The summed E-state index contributed by atoms with van der Waals surface area (Å²) >= 11 is 1.62. The number of thiazole rings is 1. The van der Waals surface area contributed by atoms with Crippen molar-refractivity contribution >= 4 is 51.0 Å². The van der Waals surface area contributed by atoms with Crippen LogP contribution in [0.3, 0.4) is 0 Å². The Labute approximate surface area is 199 Å². The van der Waals surface area contributed by atoms with Crippen molar-refractivity contribution in [3.05, 3.63) is 53.5 Å². The maximum Gasteiger partial charge on any atom is 0.339 e. The monoisotopic (exact) mass is 478 g/mol. The molecule has 2 aliphatic heterocycles. The van der Waals surface area contributed by atoms with Gasteiger partial charge in [0.05, 0.1) is 28.0 Å². The van der Waals surface area contributed by atoms with Crippen LogP contribution in [-0.4, -0.2) is 65.3 Å². The molecule has 5 amide bonds. The number of methoxy groups -OCH3 is 1. The molecule has 0 saturated carbocycles. The van der Waals surface area contributed by atoms with Crippen LogP contribution < -0.4 is 9.64 Å². The first-order chi connectivity index (χ1) is 16.5. The summed E-state index contributed by atoms with van der Waals surface area (Å²) in [6, 6.07) is 13.3. The van der Waals surface area contributed by atoms with Crippen molar-refractivity contribution in [3.8, 4) is 5.75 Å². The molecule has 1 unspecified atom stereocenters. The van der Waals surface area contributed by atoms with Gasteiger partial charge in [-0.25, -0.2) is 19.6 Å². The number of carbonyl (C=O) groups is 4. The number of aromatic nitrogens is 1. The fraction of sp³-hybridized carbons (Fsp3) is 0.292. The van der Waals surface area contributed by atoms with Gasteiger partial charge in [-0.2, -0.15) is 0 Å². The second-order valence-electron chi connectivity index (χ2n) is 8.21. The zero-order chi connectivity index (χ0) is 23.8. The highest BCUT2D eigenvalue weighted by atomic mass is 32.1. The summed E-state index contributed by atoms with van der Waals surface area (Å²) in [6.07, 6.45) is 1.71. The molecule has 2 aromatic carbocycles. The standard InChI is InChI=1S/C24H22N4O5S/c1-33-17-10-8-16(9-11-17)28-23(31)22(30)27(24(28)32)14-20(29)26-12-4-5-15(13-26)21-25-18-6-2-3-7-19(18)34-21/h2-3,6-11,15H,4-5,12-14H2,1H3. The van der Waals surface area contributed by atoms with E-state index in [0.29, 0.717) is 18.8 Å². The van der Waals surface area contributed by atoms with Crippen LogP contribution in [-0.2, 0) is 14.4 Å². The molecule has 174 valence electrons. The Bertz CT molecular complexity index is 1260. The molecular weight excluding hydrogens is 456 g/mol. The molecule has 1 aromatic heterocycles. The number of carbonyl (C=O) groups excluding carboxylic acids is 4. The highest BCUT2D eigenvalue weighted by Crippen LogP contribution is 2.33. The number of hydrogen-bond acceptors (Lipinski definition) is 7. The van der Waals surface area contributed by atoms with Crippen molar-refractivity contribution < 1.29 is 23.9 Å². The average Bonchev–Trinajstić information content (AvgIpc) is 3.39. The number of imide groups is 2. The average molecular weight is 479 g/mol. The van der Waals surface area contributed by atoms with Crippen molar-refractivity contribution in [2.75, 3.05) is 31.6 Å². The number of piperidine rings is 1. The number of anilines is 1. The van der Waals surface area contributed by atoms with Crippen LogP contribution in [0.1, 0.15) is 23.8 Å². The predicted molar refractivity (Wildman–Crippen MR) is 126 cm³/mol. The Morgan fingerprint density at radius 2 is 1.85 bits per heavy atom. The second kappa shape index (κ2) is 8.86. The van der Waals surface area contributed by atoms with Gasteiger partial charge in [-0.15, -0.1) is 11.3 Å². The van der Waals surface area contributed by atoms with E-state index >= 15 is 0 Å². The van der Waals surface area contributed by atoms with Gasteiger partial charge in [-0.1, -0.05) is 12.1 Å². The normalized spacial score (nSPS) is 18.8. The van der Waals surface area contributed by atoms with Gasteiger partial charge < -0.3 is 9.64 Å². The van der Waals surface area contributed by atoms with Crippen LogP contribution >= 0.6 is 11.3 Å². The molecule has 3 heterocycles. The van der Waals surface area contributed by atoms with Crippen LogP contribution in [0.2, 0.25) is 0 Å². The minimum Gasteiger partial charge on any atom is -0.497 e. The molecule has 34 heavy (non-hydrogen) atoms. The number of ether oxygens (including phenoxy) is 1. The topological polar surface area (TPSA) is 100 Å². The molecule has 9 nitrogen and oxygen atoms in total. The smallest absolute Gasteiger partial charge is 0.339 e. The van der Waals surface area contributed by atoms with Crippen LogP contribution in [0.25, 0.3) is 10.2 Å². The molecular formula is C24H22N4O5S. The largest absolute Gasteiger partial charge is 0.497 e. The number of fused-ring (bicyclic) bond motifs is 1. The Morgan fingerprint density at radius 1 is 1.09 bits per heavy atom. The maximum atomic E-state index is 13.0. The van der Waals surface area contributed by atoms with Gasteiger partial charge in [-0.05, 0) is 49.2 Å². The lowest BCUT2D eigenvalue weighted by atomic mass is 9.98. The summed E-state index contributed by atoms with van der Waals surface area (Å²) in [4.78, 5) is 58.9. The van der Waals surface area contributed by atoms with Crippen molar-refractivity contribution in [2.45, 2.75) is 18.8 Å². The van der Waals surface area contributed by atoms with E-state index in [9.17, 15) is 19.2 Å².